The Balaban J connectivity index is 1.52. The molecule has 3 fully saturated rings. The fraction of sp³-hybridized carbons (Fsp3) is 0.682. The van der Waals surface area contributed by atoms with Crippen LogP contribution in [0.4, 0.5) is 0 Å². The Morgan fingerprint density at radius 2 is 1.88 bits per heavy atom. The molecule has 0 bridgehead atoms. The van der Waals surface area contributed by atoms with E-state index in [0.717, 1.165) is 6.42 Å². The van der Waals surface area contributed by atoms with Gasteiger partial charge in [0.25, 0.3) is 0 Å². The van der Waals surface area contributed by atoms with Crippen LogP contribution in [0.1, 0.15) is 54.0 Å². The molecule has 5 atom stereocenters. The van der Waals surface area contributed by atoms with Gasteiger partial charge in [-0.3, -0.25) is 4.57 Å². The lowest BCUT2D eigenvalue weighted by molar-refractivity contribution is -0.159. The second kappa shape index (κ2) is 7.83. The maximum absolute atomic E-state index is 13.4. The summed E-state index contributed by atoms with van der Waals surface area (Å²) in [6.45, 7) is 11.2. The lowest BCUT2D eigenvalue weighted by atomic mass is 9.99. The van der Waals surface area contributed by atoms with Gasteiger partial charge in [0.1, 0.15) is 17.9 Å². The van der Waals surface area contributed by atoms with Crippen LogP contribution in [-0.2, 0) is 23.1 Å². The first-order chi connectivity index (χ1) is 15.4. The van der Waals surface area contributed by atoms with Crippen molar-refractivity contribution < 1.29 is 23.1 Å². The molecule has 33 heavy (non-hydrogen) atoms. The molecule has 2 aromatic heterocycles. The van der Waals surface area contributed by atoms with Gasteiger partial charge in [0.15, 0.2) is 16.6 Å². The molecule has 3 heterocycles. The number of nitrogens with zero attached hydrogens (tertiary/aromatic N) is 4. The Morgan fingerprint density at radius 3 is 2.55 bits per heavy atom. The number of hydrogen-bond acceptors (Lipinski definition) is 8. The van der Waals surface area contributed by atoms with Crippen molar-refractivity contribution in [2.24, 2.45) is 11.3 Å². The number of halogens is 1. The first kappa shape index (κ1) is 23.4. The van der Waals surface area contributed by atoms with Crippen molar-refractivity contribution >= 4 is 30.4 Å². The topological polar surface area (TPSA) is 97.6 Å². The third-order valence-corrected chi connectivity index (χ3v) is 8.65. The maximum Gasteiger partial charge on any atom is 0.354 e. The Bertz CT molecular complexity index is 1140. The molecule has 0 spiro atoms. The summed E-state index contributed by atoms with van der Waals surface area (Å²) in [7, 11) is -3.43. The van der Waals surface area contributed by atoms with E-state index in [2.05, 4.69) is 15.0 Å². The van der Waals surface area contributed by atoms with Crippen molar-refractivity contribution in [2.45, 2.75) is 84.2 Å². The van der Waals surface area contributed by atoms with Crippen LogP contribution < -0.4 is 0 Å². The standard InChI is InChI=1S/C22H30ClN4O5P/c1-12(2)31-33(28,32-13(3)4)8-7-22-9-14(22)16(17-18(22)30-21(5,6)29-17)27-11-26-15-19(23)24-10-25-20(15)27/h7-8,10-14,16-18H,9H2,1-6H3/b8-7+/t14-,16-,17+,18+,22-/m1/s1. The SMILES string of the molecule is CC(C)OP(=O)(/C=C/[C@@]12C[C@@H]1[C@@H](n1cnc3c(Cl)ncnc31)[C@@H]1OC(C)(C)O[C@@H]12)OC(C)C. The second-order valence-corrected chi connectivity index (χ2v) is 12.2. The minimum absolute atomic E-state index is 0.0613. The number of fused-ring (bicyclic) bond motifs is 4. The molecule has 1 saturated heterocycles. The molecular formula is C22H30ClN4O5P. The van der Waals surface area contributed by atoms with E-state index in [-0.39, 0.29) is 41.8 Å². The zero-order valence-electron chi connectivity index (χ0n) is 19.6. The number of hydrogen-bond donors (Lipinski definition) is 0. The fourth-order valence-corrected chi connectivity index (χ4v) is 7.37. The van der Waals surface area contributed by atoms with Gasteiger partial charge in [0, 0.05) is 11.2 Å². The highest BCUT2D eigenvalue weighted by atomic mass is 35.5. The van der Waals surface area contributed by atoms with Crippen molar-refractivity contribution in [3.8, 4) is 0 Å². The highest BCUT2D eigenvalue weighted by Crippen LogP contribution is 2.73. The van der Waals surface area contributed by atoms with E-state index >= 15 is 0 Å². The minimum atomic E-state index is -3.43. The molecule has 2 aliphatic carbocycles. The van der Waals surface area contributed by atoms with Crippen LogP contribution in [0.2, 0.25) is 5.15 Å². The van der Waals surface area contributed by atoms with Crippen molar-refractivity contribution in [2.75, 3.05) is 0 Å². The smallest absolute Gasteiger partial charge is 0.344 e. The summed E-state index contributed by atoms with van der Waals surface area (Å²) in [5.41, 5.74) is 0.880. The first-order valence-electron chi connectivity index (χ1n) is 11.3. The zero-order chi connectivity index (χ0) is 23.8. The summed E-state index contributed by atoms with van der Waals surface area (Å²) in [5, 5.41) is 0.316. The van der Waals surface area contributed by atoms with Crippen LogP contribution in [0, 0.1) is 11.3 Å². The van der Waals surface area contributed by atoms with Gasteiger partial charge in [-0.25, -0.2) is 15.0 Å². The normalized spacial score (nSPS) is 32.9. The number of imidazole rings is 1. The van der Waals surface area contributed by atoms with Gasteiger partial charge >= 0.3 is 7.60 Å². The maximum atomic E-state index is 13.4. The lowest BCUT2D eigenvalue weighted by Gasteiger charge is -2.24. The van der Waals surface area contributed by atoms with Crippen molar-refractivity contribution in [3.63, 3.8) is 0 Å². The van der Waals surface area contributed by atoms with Gasteiger partial charge in [0.2, 0.25) is 0 Å². The predicted molar refractivity (Wildman–Crippen MR) is 123 cm³/mol. The molecule has 180 valence electrons. The van der Waals surface area contributed by atoms with Gasteiger partial charge in [-0.05, 0) is 53.9 Å². The molecule has 0 N–H and O–H groups in total. The van der Waals surface area contributed by atoms with Gasteiger partial charge < -0.3 is 23.1 Å². The molecule has 0 radical (unpaired) electrons. The molecule has 11 heteroatoms. The van der Waals surface area contributed by atoms with Gasteiger partial charge in [-0.1, -0.05) is 17.7 Å². The average Bonchev–Trinajstić information content (AvgIpc) is 2.95. The summed E-state index contributed by atoms with van der Waals surface area (Å²) in [5.74, 6) is 1.07. The summed E-state index contributed by atoms with van der Waals surface area (Å²) in [4.78, 5) is 12.9. The largest absolute Gasteiger partial charge is 0.354 e. The van der Waals surface area contributed by atoms with Crippen LogP contribution >= 0.6 is 19.2 Å². The highest BCUT2D eigenvalue weighted by Gasteiger charge is 2.75. The van der Waals surface area contributed by atoms with Crippen molar-refractivity contribution in [1.29, 1.82) is 0 Å². The number of ether oxygens (including phenoxy) is 2. The van der Waals surface area contributed by atoms with Crippen LogP contribution in [0.25, 0.3) is 11.2 Å². The molecular weight excluding hydrogens is 467 g/mol. The van der Waals surface area contributed by atoms with Crippen molar-refractivity contribution in [1.82, 2.24) is 19.5 Å². The predicted octanol–water partition coefficient (Wildman–Crippen LogP) is 5.12. The third kappa shape index (κ3) is 3.97. The van der Waals surface area contributed by atoms with Crippen LogP contribution in [-0.4, -0.2) is 49.7 Å². The number of rotatable bonds is 7. The van der Waals surface area contributed by atoms with E-state index in [0.29, 0.717) is 16.3 Å². The molecule has 0 amide bonds. The lowest BCUT2D eigenvalue weighted by Crippen LogP contribution is -2.31. The van der Waals surface area contributed by atoms with Crippen LogP contribution in [0.3, 0.4) is 0 Å². The summed E-state index contributed by atoms with van der Waals surface area (Å²) in [6.07, 6.45) is 5.13. The van der Waals surface area contributed by atoms with E-state index < -0.39 is 13.4 Å². The van der Waals surface area contributed by atoms with E-state index in [4.69, 9.17) is 30.1 Å². The number of aromatic nitrogens is 4. The Labute approximate surface area is 198 Å². The van der Waals surface area contributed by atoms with Crippen LogP contribution in [0.15, 0.2) is 24.5 Å². The molecule has 2 aromatic rings. The molecule has 0 unspecified atom stereocenters. The second-order valence-electron chi connectivity index (χ2n) is 10.1. The van der Waals surface area contributed by atoms with Gasteiger partial charge in [-0.15, -0.1) is 0 Å². The molecule has 1 aliphatic heterocycles. The van der Waals surface area contributed by atoms with E-state index in [1.54, 1.807) is 12.1 Å². The average molecular weight is 497 g/mol. The van der Waals surface area contributed by atoms with Gasteiger partial charge in [0.05, 0.1) is 30.7 Å². The zero-order valence-corrected chi connectivity index (χ0v) is 21.3. The minimum Gasteiger partial charge on any atom is -0.344 e. The molecule has 2 saturated carbocycles. The Kier molecular flexibility index (Phi) is 5.55. The summed E-state index contributed by atoms with van der Waals surface area (Å²) in [6, 6.07) is -0.0613. The molecule has 0 aromatic carbocycles. The first-order valence-corrected chi connectivity index (χ1v) is 13.3. The summed E-state index contributed by atoms with van der Waals surface area (Å²) < 4.78 is 39.7. The van der Waals surface area contributed by atoms with Crippen LogP contribution in [0.5, 0.6) is 0 Å². The Hall–Kier alpha value is -1.35. The summed E-state index contributed by atoms with van der Waals surface area (Å²) >= 11 is 6.24. The van der Waals surface area contributed by atoms with Crippen molar-refractivity contribution in [3.05, 3.63) is 29.7 Å². The van der Waals surface area contributed by atoms with E-state index in [9.17, 15) is 4.57 Å². The third-order valence-electron chi connectivity index (χ3n) is 6.43. The van der Waals surface area contributed by atoms with E-state index in [1.165, 1.54) is 6.33 Å². The molecule has 9 nitrogen and oxygen atoms in total. The monoisotopic (exact) mass is 496 g/mol. The molecule has 5 rings (SSSR count). The van der Waals surface area contributed by atoms with Gasteiger partial charge in [-0.2, -0.15) is 0 Å². The quantitative estimate of drug-likeness (QED) is 0.385. The van der Waals surface area contributed by atoms with E-state index in [1.807, 2.05) is 52.2 Å². The fourth-order valence-electron chi connectivity index (χ4n) is 5.36. The molecule has 3 aliphatic rings. The Morgan fingerprint density at radius 1 is 1.18 bits per heavy atom. The highest BCUT2D eigenvalue weighted by molar-refractivity contribution is 7.57.